The molecule has 0 radical (unpaired) electrons. The van der Waals surface area contributed by atoms with Crippen molar-refractivity contribution in [1.29, 1.82) is 0 Å². The summed E-state index contributed by atoms with van der Waals surface area (Å²) in [7, 11) is 0. The highest BCUT2D eigenvalue weighted by Crippen LogP contribution is 2.39. The average Bonchev–Trinajstić information content (AvgIpc) is 2.98. The highest BCUT2D eigenvalue weighted by atomic mass is 16.3. The molecule has 3 rings (SSSR count). The van der Waals surface area contributed by atoms with Gasteiger partial charge in [-0.05, 0) is 18.1 Å². The SMILES string of the molecule is CCCCCCCC(=O)N=Nc1c(O)n(Cc2ccccc2)c2ccccc12. The van der Waals surface area contributed by atoms with Gasteiger partial charge >= 0.3 is 0 Å². The van der Waals surface area contributed by atoms with E-state index in [2.05, 4.69) is 17.2 Å². The highest BCUT2D eigenvalue weighted by Gasteiger charge is 2.16. The summed E-state index contributed by atoms with van der Waals surface area (Å²) in [5.74, 6) is -0.208. The number of hydrogen-bond donors (Lipinski definition) is 1. The maximum Gasteiger partial charge on any atom is 0.264 e. The molecule has 0 atom stereocenters. The van der Waals surface area contributed by atoms with E-state index in [0.29, 0.717) is 18.7 Å². The van der Waals surface area contributed by atoms with Gasteiger partial charge in [0.15, 0.2) is 5.69 Å². The molecular formula is C23H27N3O2. The lowest BCUT2D eigenvalue weighted by Crippen LogP contribution is -1.98. The molecular weight excluding hydrogens is 350 g/mol. The van der Waals surface area contributed by atoms with Crippen LogP contribution in [0.3, 0.4) is 0 Å². The minimum Gasteiger partial charge on any atom is -0.493 e. The summed E-state index contributed by atoms with van der Waals surface area (Å²) < 4.78 is 1.80. The van der Waals surface area contributed by atoms with E-state index in [1.54, 1.807) is 4.57 Å². The Morgan fingerprint density at radius 1 is 0.964 bits per heavy atom. The number of amides is 1. The van der Waals surface area contributed by atoms with Crippen molar-refractivity contribution in [1.82, 2.24) is 4.57 Å². The molecule has 146 valence electrons. The van der Waals surface area contributed by atoms with Crippen molar-refractivity contribution in [2.24, 2.45) is 10.2 Å². The third-order valence-electron chi connectivity index (χ3n) is 4.86. The van der Waals surface area contributed by atoms with Crippen molar-refractivity contribution in [3.05, 3.63) is 60.2 Å². The predicted molar refractivity (Wildman–Crippen MR) is 112 cm³/mol. The molecule has 0 saturated carbocycles. The van der Waals surface area contributed by atoms with Gasteiger partial charge in [0, 0.05) is 11.8 Å². The molecule has 2 aromatic carbocycles. The Kier molecular flexibility index (Phi) is 6.95. The predicted octanol–water partition coefficient (Wildman–Crippen LogP) is 6.37. The molecule has 0 aliphatic heterocycles. The molecule has 0 aliphatic carbocycles. The summed E-state index contributed by atoms with van der Waals surface area (Å²) in [5, 5.41) is 19.5. The van der Waals surface area contributed by atoms with Crippen LogP contribution in [-0.4, -0.2) is 15.6 Å². The molecule has 5 heteroatoms. The van der Waals surface area contributed by atoms with E-state index in [0.717, 1.165) is 35.7 Å². The highest BCUT2D eigenvalue weighted by molar-refractivity contribution is 5.95. The number of unbranched alkanes of at least 4 members (excludes halogenated alkanes) is 4. The Labute approximate surface area is 165 Å². The van der Waals surface area contributed by atoms with E-state index in [-0.39, 0.29) is 11.8 Å². The third-order valence-corrected chi connectivity index (χ3v) is 4.86. The van der Waals surface area contributed by atoms with Crippen molar-refractivity contribution in [2.75, 3.05) is 0 Å². The molecule has 5 nitrogen and oxygen atoms in total. The Morgan fingerprint density at radius 3 is 2.46 bits per heavy atom. The first-order valence-corrected chi connectivity index (χ1v) is 9.99. The fraction of sp³-hybridized carbons (Fsp3) is 0.348. The fourth-order valence-corrected chi connectivity index (χ4v) is 3.33. The maximum absolute atomic E-state index is 12.0. The molecule has 0 saturated heterocycles. The first kappa shape index (κ1) is 19.8. The first-order valence-electron chi connectivity index (χ1n) is 9.99. The summed E-state index contributed by atoms with van der Waals surface area (Å²) in [6.07, 6.45) is 5.80. The number of rotatable bonds is 9. The molecule has 0 aliphatic rings. The zero-order chi connectivity index (χ0) is 19.8. The Morgan fingerprint density at radius 2 is 1.68 bits per heavy atom. The van der Waals surface area contributed by atoms with Crippen molar-refractivity contribution in [3.8, 4) is 5.88 Å². The number of nitrogens with zero attached hydrogens (tertiary/aromatic N) is 3. The Balaban J connectivity index is 1.78. The zero-order valence-electron chi connectivity index (χ0n) is 16.3. The van der Waals surface area contributed by atoms with E-state index in [1.807, 2.05) is 54.6 Å². The summed E-state index contributed by atoms with van der Waals surface area (Å²) in [5.41, 5.74) is 2.29. The molecule has 0 spiro atoms. The van der Waals surface area contributed by atoms with Gasteiger partial charge in [-0.3, -0.25) is 4.79 Å². The monoisotopic (exact) mass is 377 g/mol. The molecule has 3 aromatic rings. The maximum atomic E-state index is 12.0. The zero-order valence-corrected chi connectivity index (χ0v) is 16.3. The Bertz CT molecular complexity index is 945. The first-order chi connectivity index (χ1) is 13.7. The fourth-order valence-electron chi connectivity index (χ4n) is 3.33. The molecule has 0 fully saturated rings. The van der Waals surface area contributed by atoms with E-state index in [9.17, 15) is 9.90 Å². The van der Waals surface area contributed by atoms with Crippen LogP contribution in [0.5, 0.6) is 5.88 Å². The minimum absolute atomic E-state index is 0.0320. The molecule has 0 bridgehead atoms. The molecule has 0 unspecified atom stereocenters. The molecule has 28 heavy (non-hydrogen) atoms. The summed E-state index contributed by atoms with van der Waals surface area (Å²) in [6, 6.07) is 17.6. The summed E-state index contributed by atoms with van der Waals surface area (Å²) >= 11 is 0. The van der Waals surface area contributed by atoms with Gasteiger partial charge in [0.25, 0.3) is 5.91 Å². The second kappa shape index (κ2) is 9.83. The number of aromatic hydroxyl groups is 1. The largest absolute Gasteiger partial charge is 0.493 e. The van der Waals surface area contributed by atoms with Crippen molar-refractivity contribution in [2.45, 2.75) is 52.0 Å². The number of azo groups is 1. The van der Waals surface area contributed by atoms with Crippen LogP contribution in [-0.2, 0) is 11.3 Å². The van der Waals surface area contributed by atoms with Crippen molar-refractivity contribution in [3.63, 3.8) is 0 Å². The average molecular weight is 377 g/mol. The van der Waals surface area contributed by atoms with E-state index >= 15 is 0 Å². The van der Waals surface area contributed by atoms with Gasteiger partial charge in [-0.2, -0.15) is 0 Å². The molecule has 1 heterocycles. The minimum atomic E-state index is -0.240. The van der Waals surface area contributed by atoms with Crippen LogP contribution in [0.15, 0.2) is 64.8 Å². The van der Waals surface area contributed by atoms with Gasteiger partial charge in [0.1, 0.15) is 0 Å². The normalized spacial score (nSPS) is 11.5. The topological polar surface area (TPSA) is 66.9 Å². The lowest BCUT2D eigenvalue weighted by Gasteiger charge is -2.06. The van der Waals surface area contributed by atoms with Gasteiger partial charge in [-0.1, -0.05) is 81.1 Å². The quantitative estimate of drug-likeness (QED) is 0.348. The standard InChI is InChI=1S/C23H27N3O2/c1-2-3-4-5-9-16-21(27)24-25-22-19-14-10-11-15-20(19)26(23(22)28)17-18-12-7-6-8-13-18/h6-8,10-15,28H,2-5,9,16-17H2,1H3. The van der Waals surface area contributed by atoms with Crippen LogP contribution in [0.2, 0.25) is 0 Å². The van der Waals surface area contributed by atoms with Crippen LogP contribution >= 0.6 is 0 Å². The summed E-state index contributed by atoms with van der Waals surface area (Å²) in [4.78, 5) is 12.0. The van der Waals surface area contributed by atoms with Crippen LogP contribution in [0.25, 0.3) is 10.9 Å². The number of benzene rings is 2. The van der Waals surface area contributed by atoms with E-state index in [1.165, 1.54) is 12.8 Å². The van der Waals surface area contributed by atoms with Gasteiger partial charge in [-0.25, -0.2) is 0 Å². The molecule has 1 N–H and O–H groups in total. The second-order valence-corrected chi connectivity index (χ2v) is 7.02. The molecule has 1 amide bonds. The van der Waals surface area contributed by atoms with Crippen LogP contribution in [0, 0.1) is 0 Å². The lowest BCUT2D eigenvalue weighted by molar-refractivity contribution is -0.118. The summed E-state index contributed by atoms with van der Waals surface area (Å²) in [6.45, 7) is 2.69. The van der Waals surface area contributed by atoms with Gasteiger partial charge in [0.05, 0.1) is 12.1 Å². The number of hydrogen-bond acceptors (Lipinski definition) is 3. The van der Waals surface area contributed by atoms with Gasteiger partial charge < -0.3 is 9.67 Å². The van der Waals surface area contributed by atoms with Gasteiger partial charge in [0.2, 0.25) is 5.88 Å². The number of carbonyl (C=O) groups is 1. The van der Waals surface area contributed by atoms with Crippen molar-refractivity contribution < 1.29 is 9.90 Å². The number of aromatic nitrogens is 1. The van der Waals surface area contributed by atoms with E-state index in [4.69, 9.17) is 0 Å². The van der Waals surface area contributed by atoms with Crippen LogP contribution < -0.4 is 0 Å². The van der Waals surface area contributed by atoms with E-state index < -0.39 is 0 Å². The van der Waals surface area contributed by atoms with Crippen LogP contribution in [0.4, 0.5) is 5.69 Å². The number of carbonyl (C=O) groups excluding carboxylic acids is 1. The lowest BCUT2D eigenvalue weighted by atomic mass is 10.1. The number of para-hydroxylation sites is 1. The van der Waals surface area contributed by atoms with Gasteiger partial charge in [-0.15, -0.1) is 10.2 Å². The van der Waals surface area contributed by atoms with Crippen molar-refractivity contribution >= 4 is 22.5 Å². The third kappa shape index (κ3) is 4.85. The number of fused-ring (bicyclic) bond motifs is 1. The van der Waals surface area contributed by atoms with Crippen LogP contribution in [0.1, 0.15) is 51.0 Å². The second-order valence-electron chi connectivity index (χ2n) is 7.02. The smallest absolute Gasteiger partial charge is 0.264 e. The molecule has 1 aromatic heterocycles. The Hall–Kier alpha value is -2.95.